The molecule has 3 aliphatic heterocycles. The summed E-state index contributed by atoms with van der Waals surface area (Å²) in [6, 6.07) is 4.01. The first kappa shape index (κ1) is 28.6. The largest absolute Gasteiger partial charge is 0.396 e. The molecule has 1 aromatic carbocycles. The molecule has 2 fully saturated rings. The lowest BCUT2D eigenvalue weighted by molar-refractivity contribution is -0.124. The van der Waals surface area contributed by atoms with Crippen LogP contribution in [0.25, 0.3) is 0 Å². The molecular weight excluding hydrogens is 530 g/mol. The Morgan fingerprint density at radius 1 is 1.20 bits per heavy atom. The van der Waals surface area contributed by atoms with Crippen LogP contribution >= 0.6 is 0 Å². The minimum absolute atomic E-state index is 0.0205. The van der Waals surface area contributed by atoms with Crippen molar-refractivity contribution < 1.29 is 32.2 Å². The lowest BCUT2D eigenvalue weighted by Gasteiger charge is -2.35. The van der Waals surface area contributed by atoms with Crippen LogP contribution in [0.1, 0.15) is 44.6 Å². The summed E-state index contributed by atoms with van der Waals surface area (Å²) < 4.78 is 62.3. The van der Waals surface area contributed by atoms with E-state index in [-0.39, 0.29) is 43.4 Å². The van der Waals surface area contributed by atoms with Gasteiger partial charge in [0.2, 0.25) is 5.91 Å². The second-order valence-electron chi connectivity index (χ2n) is 11.1. The summed E-state index contributed by atoms with van der Waals surface area (Å²) in [6.07, 6.45) is 3.85. The van der Waals surface area contributed by atoms with Gasteiger partial charge in [0.1, 0.15) is 17.5 Å². The van der Waals surface area contributed by atoms with Gasteiger partial charge in [0, 0.05) is 37.1 Å². The van der Waals surface area contributed by atoms with Crippen molar-refractivity contribution in [3.05, 3.63) is 41.6 Å². The number of carbonyl (C=O) groups is 1. The zero-order valence-electron chi connectivity index (χ0n) is 22.4. The number of hydrogen-bond donors (Lipinski definition) is 3. The zero-order chi connectivity index (χ0) is 28.4. The number of alkyl halides is 2. The number of carbonyl (C=O) groups excluding carboxylic acids is 1. The maximum absolute atomic E-state index is 15.3. The molecule has 5 rings (SSSR count). The number of aliphatic hydroxyl groups is 1. The van der Waals surface area contributed by atoms with E-state index >= 15 is 4.39 Å². The van der Waals surface area contributed by atoms with E-state index < -0.39 is 23.5 Å². The topological polar surface area (TPSA) is 90.0 Å². The van der Waals surface area contributed by atoms with Crippen LogP contribution in [0.4, 0.5) is 40.4 Å². The fourth-order valence-corrected chi connectivity index (χ4v) is 5.75. The predicted octanol–water partition coefficient (Wildman–Crippen LogP) is 4.66. The number of amides is 1. The molecule has 4 heterocycles. The highest BCUT2D eigenvalue weighted by Gasteiger charge is 2.35. The fraction of sp³-hybridized carbons (Fsp3) is 0.571. The highest BCUT2D eigenvalue weighted by Crippen LogP contribution is 2.40. The molecule has 1 amide bonds. The standard InChI is InChI=1S/C28H35F4N5O3/c1-28(31,32)16-36-7-4-17(5-8-36)27(39)37-14-18-10-19(29)13-33-26(18)35-24-11-22(30)23(12-25(24)37)34-20-2-3-21(6-9-38)40-15-20/h10-13,17,20-21,34,38H,2-9,14-16H2,1H3,(H,33,35)/t20-,21-/m0/s1. The Morgan fingerprint density at radius 3 is 2.65 bits per heavy atom. The first-order valence-electron chi connectivity index (χ1n) is 13.7. The smallest absolute Gasteiger partial charge is 0.257 e. The third-order valence-electron chi connectivity index (χ3n) is 7.78. The van der Waals surface area contributed by atoms with Crippen LogP contribution in [0, 0.1) is 17.6 Å². The highest BCUT2D eigenvalue weighted by atomic mass is 19.3. The molecule has 2 atom stereocenters. The Hall–Kier alpha value is -2.96. The molecule has 218 valence electrons. The van der Waals surface area contributed by atoms with E-state index in [4.69, 9.17) is 9.84 Å². The monoisotopic (exact) mass is 565 g/mol. The van der Waals surface area contributed by atoms with Crippen LogP contribution in [0.3, 0.4) is 0 Å². The second-order valence-corrected chi connectivity index (χ2v) is 11.1. The van der Waals surface area contributed by atoms with E-state index in [1.807, 2.05) is 0 Å². The van der Waals surface area contributed by atoms with Crippen molar-refractivity contribution in [2.45, 2.75) is 63.6 Å². The molecule has 1 aromatic heterocycles. The molecular formula is C28H35F4N5O3. The lowest BCUT2D eigenvalue weighted by atomic mass is 9.94. The van der Waals surface area contributed by atoms with Crippen molar-refractivity contribution in [2.24, 2.45) is 5.92 Å². The van der Waals surface area contributed by atoms with Gasteiger partial charge in [-0.15, -0.1) is 0 Å². The van der Waals surface area contributed by atoms with Crippen molar-refractivity contribution in [3.63, 3.8) is 0 Å². The summed E-state index contributed by atoms with van der Waals surface area (Å²) in [7, 11) is 0. The van der Waals surface area contributed by atoms with Gasteiger partial charge < -0.3 is 25.4 Å². The molecule has 2 aromatic rings. The van der Waals surface area contributed by atoms with Gasteiger partial charge in [-0.05, 0) is 57.3 Å². The number of hydrogen-bond acceptors (Lipinski definition) is 7. The van der Waals surface area contributed by atoms with E-state index in [0.717, 1.165) is 26.0 Å². The first-order valence-corrected chi connectivity index (χ1v) is 13.7. The van der Waals surface area contributed by atoms with Crippen molar-refractivity contribution in [1.82, 2.24) is 9.88 Å². The van der Waals surface area contributed by atoms with Crippen molar-refractivity contribution in [3.8, 4) is 0 Å². The summed E-state index contributed by atoms with van der Waals surface area (Å²) in [5.74, 6) is -4.23. The van der Waals surface area contributed by atoms with Gasteiger partial charge in [-0.1, -0.05) is 0 Å². The van der Waals surface area contributed by atoms with Crippen LogP contribution in [-0.2, 0) is 16.1 Å². The SMILES string of the molecule is CC(F)(F)CN1CCC(C(=O)N2Cc3cc(F)cnc3Nc3cc(F)c(N[C@H]4CC[C@@H](CCO)OC4)cc32)CC1. The number of pyridine rings is 1. The number of fused-ring (bicyclic) bond motifs is 2. The van der Waals surface area contributed by atoms with Gasteiger partial charge in [0.15, 0.2) is 0 Å². The van der Waals surface area contributed by atoms with E-state index in [1.54, 1.807) is 11.0 Å². The van der Waals surface area contributed by atoms with E-state index in [0.29, 0.717) is 61.7 Å². The van der Waals surface area contributed by atoms with Gasteiger partial charge in [-0.25, -0.2) is 22.5 Å². The number of ether oxygens (including phenoxy) is 1. The molecule has 0 bridgehead atoms. The molecule has 0 radical (unpaired) electrons. The molecule has 2 saturated heterocycles. The first-order chi connectivity index (χ1) is 19.1. The third-order valence-corrected chi connectivity index (χ3v) is 7.78. The van der Waals surface area contributed by atoms with Crippen LogP contribution < -0.4 is 15.5 Å². The molecule has 8 nitrogen and oxygen atoms in total. The maximum Gasteiger partial charge on any atom is 0.257 e. The number of nitrogens with zero attached hydrogens (tertiary/aromatic N) is 3. The van der Waals surface area contributed by atoms with Gasteiger partial charge in [0.25, 0.3) is 5.92 Å². The summed E-state index contributed by atoms with van der Waals surface area (Å²) >= 11 is 0. The van der Waals surface area contributed by atoms with Gasteiger partial charge in [-0.3, -0.25) is 9.69 Å². The molecule has 0 aliphatic carbocycles. The third kappa shape index (κ3) is 6.67. The molecule has 3 aliphatic rings. The quantitative estimate of drug-likeness (QED) is 0.421. The number of anilines is 4. The molecule has 0 unspecified atom stereocenters. The number of aromatic nitrogens is 1. The summed E-state index contributed by atoms with van der Waals surface area (Å²) in [5, 5.41) is 15.4. The van der Waals surface area contributed by atoms with Gasteiger partial charge in [0.05, 0.1) is 49.1 Å². The lowest BCUT2D eigenvalue weighted by Crippen LogP contribution is -2.45. The molecule has 40 heavy (non-hydrogen) atoms. The predicted molar refractivity (Wildman–Crippen MR) is 143 cm³/mol. The Kier molecular flexibility index (Phi) is 8.48. The van der Waals surface area contributed by atoms with Crippen LogP contribution in [-0.4, -0.2) is 71.8 Å². The van der Waals surface area contributed by atoms with E-state index in [1.165, 1.54) is 17.0 Å². The molecule has 12 heteroatoms. The van der Waals surface area contributed by atoms with Crippen LogP contribution in [0.15, 0.2) is 24.4 Å². The number of benzene rings is 1. The second kappa shape index (κ2) is 11.9. The number of halogens is 4. The Bertz CT molecular complexity index is 1210. The average Bonchev–Trinajstić information content (AvgIpc) is 3.05. The van der Waals surface area contributed by atoms with Crippen LogP contribution in [0.2, 0.25) is 0 Å². The molecule has 0 spiro atoms. The normalized spacial score (nSPS) is 22.2. The van der Waals surface area contributed by atoms with E-state index in [2.05, 4.69) is 15.6 Å². The Labute approximate surface area is 230 Å². The van der Waals surface area contributed by atoms with Crippen molar-refractivity contribution in [1.29, 1.82) is 0 Å². The average molecular weight is 566 g/mol. The number of nitrogens with one attached hydrogen (secondary N) is 2. The highest BCUT2D eigenvalue weighted by molar-refractivity contribution is 6.00. The Balaban J connectivity index is 1.40. The van der Waals surface area contributed by atoms with Gasteiger partial charge >= 0.3 is 0 Å². The maximum atomic E-state index is 15.3. The Morgan fingerprint density at radius 2 is 1.98 bits per heavy atom. The van der Waals surface area contributed by atoms with Crippen molar-refractivity contribution >= 4 is 28.8 Å². The number of likely N-dealkylation sites (tertiary alicyclic amines) is 1. The zero-order valence-corrected chi connectivity index (χ0v) is 22.4. The minimum atomic E-state index is -2.82. The fourth-order valence-electron chi connectivity index (χ4n) is 5.75. The summed E-state index contributed by atoms with van der Waals surface area (Å²) in [5.41, 5.74) is 1.39. The molecule has 3 N–H and O–H groups in total. The minimum Gasteiger partial charge on any atom is -0.396 e. The van der Waals surface area contributed by atoms with Crippen molar-refractivity contribution in [2.75, 3.05) is 48.4 Å². The van der Waals surface area contributed by atoms with Crippen LogP contribution in [0.5, 0.6) is 0 Å². The number of rotatable bonds is 7. The summed E-state index contributed by atoms with van der Waals surface area (Å²) in [6.45, 7) is 1.67. The summed E-state index contributed by atoms with van der Waals surface area (Å²) in [4.78, 5) is 21.2. The molecule has 0 saturated carbocycles. The van der Waals surface area contributed by atoms with E-state index in [9.17, 15) is 18.0 Å². The number of piperidine rings is 1. The number of aliphatic hydroxyl groups excluding tert-OH is 1. The van der Waals surface area contributed by atoms with Gasteiger partial charge in [-0.2, -0.15) is 0 Å².